The predicted molar refractivity (Wildman–Crippen MR) is 81.8 cm³/mol. The lowest BCUT2D eigenvalue weighted by atomic mass is 10.2. The van der Waals surface area contributed by atoms with Crippen molar-refractivity contribution in [1.82, 2.24) is 5.16 Å². The Morgan fingerprint density at radius 2 is 2.19 bits per heavy atom. The molecule has 0 saturated heterocycles. The number of carbonyl (C=O) groups excluding carboxylic acids is 1. The van der Waals surface area contributed by atoms with E-state index < -0.39 is 0 Å². The molecule has 112 valence electrons. The van der Waals surface area contributed by atoms with Crippen molar-refractivity contribution >= 4 is 23.4 Å². The number of anilines is 1. The Kier molecular flexibility index (Phi) is 5.01. The van der Waals surface area contributed by atoms with Gasteiger partial charge in [0.15, 0.2) is 0 Å². The van der Waals surface area contributed by atoms with E-state index in [2.05, 4.69) is 10.5 Å². The maximum absolute atomic E-state index is 13.4. The summed E-state index contributed by atoms with van der Waals surface area (Å²) in [5, 5.41) is 6.22. The van der Waals surface area contributed by atoms with Crippen molar-refractivity contribution in [2.75, 3.05) is 5.32 Å². The Morgan fingerprint density at radius 3 is 2.81 bits per heavy atom. The summed E-state index contributed by atoms with van der Waals surface area (Å²) in [4.78, 5) is 12.0. The zero-order chi connectivity index (χ0) is 15.4. The van der Waals surface area contributed by atoms with Gasteiger partial charge in [-0.15, -0.1) is 11.8 Å². The summed E-state index contributed by atoms with van der Waals surface area (Å²) in [7, 11) is 0. The normalized spacial score (nSPS) is 12.2. The van der Waals surface area contributed by atoms with Gasteiger partial charge in [0.2, 0.25) is 5.91 Å². The number of halogens is 1. The molecule has 6 heteroatoms. The highest BCUT2D eigenvalue weighted by molar-refractivity contribution is 7.99. The first kappa shape index (κ1) is 15.6. The molecule has 2 rings (SSSR count). The number of rotatable bonds is 5. The maximum atomic E-state index is 13.4. The predicted octanol–water partition coefficient (Wildman–Crippen LogP) is 3.69. The van der Waals surface area contributed by atoms with E-state index in [0.717, 1.165) is 11.5 Å². The molecule has 1 atom stereocenters. The topological polar surface area (TPSA) is 55.1 Å². The quantitative estimate of drug-likeness (QED) is 0.915. The molecule has 2 aromatic rings. The monoisotopic (exact) mass is 308 g/mol. The van der Waals surface area contributed by atoms with Gasteiger partial charge in [0, 0.05) is 11.8 Å². The third kappa shape index (κ3) is 4.32. The fourth-order valence-electron chi connectivity index (χ4n) is 1.68. The van der Waals surface area contributed by atoms with Crippen LogP contribution in [0.1, 0.15) is 23.9 Å². The second kappa shape index (κ2) is 6.76. The number of aromatic nitrogens is 1. The average molecular weight is 308 g/mol. The van der Waals surface area contributed by atoms with Gasteiger partial charge in [-0.3, -0.25) is 4.79 Å². The van der Waals surface area contributed by atoms with Crippen molar-refractivity contribution in [2.24, 2.45) is 0 Å². The molecule has 21 heavy (non-hydrogen) atoms. The SMILES string of the molecule is Cc1cc(CSC(C)C(=O)Nc2ccc(C)c(F)c2)on1. The van der Waals surface area contributed by atoms with Crippen LogP contribution in [-0.2, 0) is 10.5 Å². The van der Waals surface area contributed by atoms with Gasteiger partial charge in [-0.1, -0.05) is 11.2 Å². The number of hydrogen-bond donors (Lipinski definition) is 1. The molecule has 1 amide bonds. The third-order valence-electron chi connectivity index (χ3n) is 2.96. The molecule has 0 aliphatic rings. The zero-order valence-electron chi connectivity index (χ0n) is 12.1. The van der Waals surface area contributed by atoms with Crippen LogP contribution in [0.4, 0.5) is 10.1 Å². The summed E-state index contributed by atoms with van der Waals surface area (Å²) in [6.07, 6.45) is 0. The minimum Gasteiger partial charge on any atom is -0.360 e. The van der Waals surface area contributed by atoms with Crippen molar-refractivity contribution in [2.45, 2.75) is 31.8 Å². The summed E-state index contributed by atoms with van der Waals surface area (Å²) in [6, 6.07) is 6.49. The number of aryl methyl sites for hydroxylation is 2. The molecule has 1 aromatic carbocycles. The van der Waals surface area contributed by atoms with Crippen LogP contribution in [0, 0.1) is 19.7 Å². The van der Waals surface area contributed by atoms with E-state index in [1.165, 1.54) is 17.8 Å². The lowest BCUT2D eigenvalue weighted by Gasteiger charge is -2.11. The summed E-state index contributed by atoms with van der Waals surface area (Å²) in [6.45, 7) is 5.33. The molecule has 0 aliphatic heterocycles. The third-order valence-corrected chi connectivity index (χ3v) is 4.13. The van der Waals surface area contributed by atoms with Crippen LogP contribution in [0.2, 0.25) is 0 Å². The van der Waals surface area contributed by atoms with Crippen LogP contribution >= 0.6 is 11.8 Å². The highest BCUT2D eigenvalue weighted by atomic mass is 32.2. The van der Waals surface area contributed by atoms with E-state index in [9.17, 15) is 9.18 Å². The second-order valence-electron chi connectivity index (χ2n) is 4.84. The first-order chi connectivity index (χ1) is 9.95. The highest BCUT2D eigenvalue weighted by Crippen LogP contribution is 2.20. The Balaban J connectivity index is 1.88. The number of amides is 1. The zero-order valence-corrected chi connectivity index (χ0v) is 13.0. The van der Waals surface area contributed by atoms with E-state index in [-0.39, 0.29) is 17.0 Å². The minimum absolute atomic E-state index is 0.167. The molecule has 0 radical (unpaired) electrons. The van der Waals surface area contributed by atoms with Crippen molar-refractivity contribution in [3.05, 3.63) is 47.1 Å². The molecular formula is C15H17FN2O2S. The van der Waals surface area contributed by atoms with E-state index >= 15 is 0 Å². The van der Waals surface area contributed by atoms with Crippen LogP contribution in [0.15, 0.2) is 28.8 Å². The van der Waals surface area contributed by atoms with Crippen LogP contribution in [0.25, 0.3) is 0 Å². The molecule has 1 N–H and O–H groups in total. The molecule has 0 bridgehead atoms. The van der Waals surface area contributed by atoms with Gasteiger partial charge in [-0.25, -0.2) is 4.39 Å². The minimum atomic E-state index is -0.328. The number of nitrogens with zero attached hydrogens (tertiary/aromatic N) is 1. The van der Waals surface area contributed by atoms with E-state index in [4.69, 9.17) is 4.52 Å². The van der Waals surface area contributed by atoms with Gasteiger partial charge >= 0.3 is 0 Å². The number of nitrogens with one attached hydrogen (secondary N) is 1. The van der Waals surface area contributed by atoms with Crippen molar-refractivity contribution in [3.63, 3.8) is 0 Å². The summed E-state index contributed by atoms with van der Waals surface area (Å²) in [5.74, 6) is 0.806. The molecule has 0 saturated carbocycles. The first-order valence-electron chi connectivity index (χ1n) is 6.56. The first-order valence-corrected chi connectivity index (χ1v) is 7.61. The molecular weight excluding hydrogens is 291 g/mol. The maximum Gasteiger partial charge on any atom is 0.237 e. The average Bonchev–Trinajstić information content (AvgIpc) is 2.86. The Hall–Kier alpha value is -1.82. The van der Waals surface area contributed by atoms with Gasteiger partial charge in [0.1, 0.15) is 11.6 Å². The lowest BCUT2D eigenvalue weighted by molar-refractivity contribution is -0.115. The molecule has 0 aliphatic carbocycles. The Labute approximate surface area is 127 Å². The van der Waals surface area contributed by atoms with Crippen LogP contribution < -0.4 is 5.32 Å². The molecule has 1 aromatic heterocycles. The second-order valence-corrected chi connectivity index (χ2v) is 6.17. The van der Waals surface area contributed by atoms with E-state index in [0.29, 0.717) is 17.0 Å². The lowest BCUT2D eigenvalue weighted by Crippen LogP contribution is -2.22. The van der Waals surface area contributed by atoms with Crippen LogP contribution in [-0.4, -0.2) is 16.3 Å². The molecule has 0 fully saturated rings. The standard InChI is InChI=1S/C15H17FN2O2S/c1-9-4-5-12(7-14(9)16)17-15(19)11(3)21-8-13-6-10(2)18-20-13/h4-7,11H,8H2,1-3H3,(H,17,19). The molecule has 1 heterocycles. The number of benzene rings is 1. The fraction of sp³-hybridized carbons (Fsp3) is 0.333. The number of thioether (sulfide) groups is 1. The molecule has 0 spiro atoms. The van der Waals surface area contributed by atoms with Crippen molar-refractivity contribution in [1.29, 1.82) is 0 Å². The van der Waals surface area contributed by atoms with Crippen LogP contribution in [0.3, 0.4) is 0 Å². The summed E-state index contributed by atoms with van der Waals surface area (Å²) in [5.41, 5.74) is 1.83. The van der Waals surface area contributed by atoms with E-state index in [1.807, 2.05) is 13.0 Å². The van der Waals surface area contributed by atoms with Gasteiger partial charge in [-0.05, 0) is 38.5 Å². The fourth-order valence-corrected chi connectivity index (χ4v) is 2.44. The number of carbonyl (C=O) groups is 1. The Bertz CT molecular complexity index is 642. The van der Waals surface area contributed by atoms with Gasteiger partial charge < -0.3 is 9.84 Å². The van der Waals surface area contributed by atoms with Gasteiger partial charge in [-0.2, -0.15) is 0 Å². The smallest absolute Gasteiger partial charge is 0.237 e. The largest absolute Gasteiger partial charge is 0.360 e. The molecule has 1 unspecified atom stereocenters. The van der Waals surface area contributed by atoms with Crippen LogP contribution in [0.5, 0.6) is 0 Å². The highest BCUT2D eigenvalue weighted by Gasteiger charge is 2.15. The Morgan fingerprint density at radius 1 is 1.43 bits per heavy atom. The van der Waals surface area contributed by atoms with Gasteiger partial charge in [0.25, 0.3) is 0 Å². The summed E-state index contributed by atoms with van der Waals surface area (Å²) < 4.78 is 18.5. The van der Waals surface area contributed by atoms with E-state index in [1.54, 1.807) is 26.0 Å². The van der Waals surface area contributed by atoms with Crippen molar-refractivity contribution in [3.8, 4) is 0 Å². The summed E-state index contributed by atoms with van der Waals surface area (Å²) >= 11 is 1.44. The number of hydrogen-bond acceptors (Lipinski definition) is 4. The van der Waals surface area contributed by atoms with Gasteiger partial charge in [0.05, 0.1) is 16.7 Å². The molecule has 4 nitrogen and oxygen atoms in total. The van der Waals surface area contributed by atoms with Crippen molar-refractivity contribution < 1.29 is 13.7 Å².